The fraction of sp³-hybridized carbons (Fsp3) is 0.133. The van der Waals surface area contributed by atoms with E-state index in [4.69, 9.17) is 11.6 Å². The molecule has 1 fully saturated rings. The number of hydrogen-bond donors (Lipinski definition) is 0. The second-order valence-electron chi connectivity index (χ2n) is 9.44. The van der Waals surface area contributed by atoms with Gasteiger partial charge in [-0.3, -0.25) is 9.59 Å². The lowest BCUT2D eigenvalue weighted by molar-refractivity contribution is -0.137. The van der Waals surface area contributed by atoms with Gasteiger partial charge in [0.05, 0.1) is 5.56 Å². The Hall–Kier alpha value is -4.17. The Morgan fingerprint density at radius 2 is 1.54 bits per heavy atom. The summed E-state index contributed by atoms with van der Waals surface area (Å²) in [6, 6.07) is 21.7. The van der Waals surface area contributed by atoms with E-state index in [-0.39, 0.29) is 24.6 Å². The number of hydrogen-bond acceptors (Lipinski definition) is 2. The summed E-state index contributed by atoms with van der Waals surface area (Å²) in [6.07, 6.45) is -4.52. The summed E-state index contributed by atoms with van der Waals surface area (Å²) in [7, 11) is 0. The Kier molecular flexibility index (Phi) is 5.77. The lowest BCUT2D eigenvalue weighted by atomic mass is 9.87. The Bertz CT molecular complexity index is 1620. The first-order valence-corrected chi connectivity index (χ1v) is 12.5. The van der Waals surface area contributed by atoms with Crippen molar-refractivity contribution >= 4 is 23.4 Å². The van der Waals surface area contributed by atoms with Crippen LogP contribution in [0.25, 0.3) is 11.1 Å². The highest BCUT2D eigenvalue weighted by molar-refractivity contribution is 6.30. The molecule has 1 atom stereocenters. The topological polar surface area (TPSA) is 40.6 Å². The molecule has 0 saturated carbocycles. The van der Waals surface area contributed by atoms with Gasteiger partial charge in [-0.15, -0.1) is 0 Å². The van der Waals surface area contributed by atoms with Gasteiger partial charge in [-0.05, 0) is 71.8 Å². The van der Waals surface area contributed by atoms with Gasteiger partial charge in [0, 0.05) is 40.4 Å². The number of amides is 2. The van der Waals surface area contributed by atoms with Crippen molar-refractivity contribution in [1.29, 1.82) is 0 Å². The fourth-order valence-corrected chi connectivity index (χ4v) is 5.70. The molecule has 39 heavy (non-hydrogen) atoms. The van der Waals surface area contributed by atoms with E-state index >= 15 is 0 Å². The summed E-state index contributed by atoms with van der Waals surface area (Å²) in [5.74, 6) is -1.21. The Morgan fingerprint density at radius 3 is 2.23 bits per heavy atom. The molecule has 2 aliphatic heterocycles. The van der Waals surface area contributed by atoms with E-state index in [2.05, 4.69) is 0 Å². The van der Waals surface area contributed by atoms with E-state index in [1.807, 2.05) is 0 Å². The molecule has 0 spiro atoms. The van der Waals surface area contributed by atoms with Crippen LogP contribution < -0.4 is 0 Å². The van der Waals surface area contributed by atoms with Gasteiger partial charge in [-0.1, -0.05) is 41.9 Å². The highest BCUT2D eigenvalue weighted by Gasteiger charge is 2.59. The lowest BCUT2D eigenvalue weighted by Crippen LogP contribution is -2.51. The normalized spacial score (nSPS) is 18.3. The van der Waals surface area contributed by atoms with Crippen molar-refractivity contribution in [2.45, 2.75) is 11.8 Å². The van der Waals surface area contributed by atoms with Crippen LogP contribution in [0.4, 0.5) is 17.6 Å². The van der Waals surface area contributed by atoms with Crippen molar-refractivity contribution in [2.75, 3.05) is 13.1 Å². The van der Waals surface area contributed by atoms with Crippen molar-refractivity contribution in [2.24, 2.45) is 0 Å². The predicted molar refractivity (Wildman–Crippen MR) is 138 cm³/mol. The summed E-state index contributed by atoms with van der Waals surface area (Å²) in [4.78, 5) is 30.7. The zero-order valence-electron chi connectivity index (χ0n) is 20.2. The minimum Gasteiger partial charge on any atom is -0.306 e. The Labute approximate surface area is 226 Å². The van der Waals surface area contributed by atoms with Crippen molar-refractivity contribution < 1.29 is 27.2 Å². The summed E-state index contributed by atoms with van der Waals surface area (Å²) >= 11 is 6.17. The Morgan fingerprint density at radius 1 is 0.846 bits per heavy atom. The van der Waals surface area contributed by atoms with Crippen LogP contribution in [0.5, 0.6) is 0 Å². The fourth-order valence-electron chi connectivity index (χ4n) is 5.57. The van der Waals surface area contributed by atoms with E-state index in [0.29, 0.717) is 32.8 Å². The maximum Gasteiger partial charge on any atom is 0.416 e. The third-order valence-electron chi connectivity index (χ3n) is 7.31. The molecule has 4 aromatic rings. The third-order valence-corrected chi connectivity index (χ3v) is 7.56. The lowest BCUT2D eigenvalue weighted by Gasteiger charge is -2.40. The largest absolute Gasteiger partial charge is 0.416 e. The van der Waals surface area contributed by atoms with Gasteiger partial charge in [-0.25, -0.2) is 4.39 Å². The van der Waals surface area contributed by atoms with E-state index in [1.165, 1.54) is 30.3 Å². The maximum absolute atomic E-state index is 13.9. The molecule has 0 radical (unpaired) electrons. The molecule has 4 nitrogen and oxygen atoms in total. The maximum atomic E-state index is 13.9. The quantitative estimate of drug-likeness (QED) is 0.258. The first-order valence-electron chi connectivity index (χ1n) is 12.1. The summed E-state index contributed by atoms with van der Waals surface area (Å²) in [6.45, 7) is 0.416. The second kappa shape index (κ2) is 8.95. The van der Waals surface area contributed by atoms with Crippen LogP contribution in [0.1, 0.15) is 37.4 Å². The molecule has 0 aliphatic carbocycles. The van der Waals surface area contributed by atoms with Crippen LogP contribution in [-0.4, -0.2) is 34.7 Å². The Balaban J connectivity index is 1.57. The van der Waals surface area contributed by atoms with Gasteiger partial charge >= 0.3 is 6.18 Å². The molecule has 2 heterocycles. The van der Waals surface area contributed by atoms with E-state index < -0.39 is 29.1 Å². The first kappa shape index (κ1) is 25.1. The monoisotopic (exact) mass is 550 g/mol. The SMILES string of the molecule is O=C(c1ccc(F)cc1)N1CCN2C(=O)c3ccc(-c4cccc(C(F)(F)F)c4)cc3C12c1ccc(Cl)cc1. The zero-order chi connectivity index (χ0) is 27.5. The summed E-state index contributed by atoms with van der Waals surface area (Å²) < 4.78 is 53.9. The minimum atomic E-state index is -4.52. The van der Waals surface area contributed by atoms with Crippen molar-refractivity contribution in [3.63, 3.8) is 0 Å². The van der Waals surface area contributed by atoms with Crippen LogP contribution in [0.15, 0.2) is 91.0 Å². The smallest absolute Gasteiger partial charge is 0.306 e. The molecule has 6 rings (SSSR count). The average Bonchev–Trinajstić information content (AvgIpc) is 3.43. The van der Waals surface area contributed by atoms with Crippen LogP contribution in [0, 0.1) is 5.82 Å². The van der Waals surface area contributed by atoms with Gasteiger partial charge in [0.1, 0.15) is 5.82 Å². The van der Waals surface area contributed by atoms with E-state index in [9.17, 15) is 27.2 Å². The molecule has 196 valence electrons. The molecule has 1 unspecified atom stereocenters. The van der Waals surface area contributed by atoms with E-state index in [1.54, 1.807) is 58.3 Å². The van der Waals surface area contributed by atoms with Crippen molar-refractivity contribution in [1.82, 2.24) is 9.80 Å². The third kappa shape index (κ3) is 3.89. The number of fused-ring (bicyclic) bond motifs is 3. The molecular formula is C30H19ClF4N2O2. The summed E-state index contributed by atoms with van der Waals surface area (Å²) in [5.41, 5.74) is 0.257. The first-order chi connectivity index (χ1) is 18.6. The molecule has 1 saturated heterocycles. The van der Waals surface area contributed by atoms with Crippen LogP contribution >= 0.6 is 11.6 Å². The van der Waals surface area contributed by atoms with Crippen LogP contribution in [0.2, 0.25) is 5.02 Å². The van der Waals surface area contributed by atoms with Crippen LogP contribution in [0.3, 0.4) is 0 Å². The molecular weight excluding hydrogens is 532 g/mol. The summed E-state index contributed by atoms with van der Waals surface area (Å²) in [5, 5.41) is 0.457. The molecule has 4 aromatic carbocycles. The minimum absolute atomic E-state index is 0.192. The van der Waals surface area contributed by atoms with Gasteiger partial charge in [0.25, 0.3) is 11.8 Å². The number of nitrogens with zero attached hydrogens (tertiary/aromatic N) is 2. The number of carbonyl (C=O) groups is 2. The number of rotatable bonds is 3. The second-order valence-corrected chi connectivity index (χ2v) is 9.87. The number of benzene rings is 4. The molecule has 0 aromatic heterocycles. The average molecular weight is 551 g/mol. The zero-order valence-corrected chi connectivity index (χ0v) is 20.9. The predicted octanol–water partition coefficient (Wildman–Crippen LogP) is 6.98. The van der Waals surface area contributed by atoms with Crippen molar-refractivity contribution in [3.05, 3.63) is 130 Å². The molecule has 0 N–H and O–H groups in total. The molecule has 2 amide bonds. The molecule has 9 heteroatoms. The number of alkyl halides is 3. The van der Waals surface area contributed by atoms with Crippen LogP contribution in [-0.2, 0) is 11.8 Å². The standard InChI is InChI=1S/C30H19ClF4N2O2/c31-23-9-7-21(8-10-23)29-26-17-20(19-2-1-3-22(16-19)30(33,34)35)6-13-25(26)28(39)37(29)15-14-36(29)27(38)18-4-11-24(32)12-5-18/h1-13,16-17H,14-15H2. The highest BCUT2D eigenvalue weighted by atomic mass is 35.5. The van der Waals surface area contributed by atoms with Gasteiger partial charge in [0.15, 0.2) is 5.66 Å². The molecule has 0 bridgehead atoms. The van der Waals surface area contributed by atoms with E-state index in [0.717, 1.165) is 12.1 Å². The number of halogens is 5. The van der Waals surface area contributed by atoms with Gasteiger partial charge < -0.3 is 9.80 Å². The highest BCUT2D eigenvalue weighted by Crippen LogP contribution is 2.51. The van der Waals surface area contributed by atoms with Gasteiger partial charge in [0.2, 0.25) is 0 Å². The number of carbonyl (C=O) groups excluding carboxylic acids is 2. The van der Waals surface area contributed by atoms with Gasteiger partial charge in [-0.2, -0.15) is 13.2 Å². The molecule has 2 aliphatic rings. The van der Waals surface area contributed by atoms with Crippen molar-refractivity contribution in [3.8, 4) is 11.1 Å².